The molecule has 0 heterocycles. The van der Waals surface area contributed by atoms with Crippen LogP contribution in [0.5, 0.6) is 0 Å². The van der Waals surface area contributed by atoms with E-state index in [2.05, 4.69) is 27.7 Å². The molecule has 17 heavy (non-hydrogen) atoms. The lowest BCUT2D eigenvalue weighted by Gasteiger charge is -2.05. The molecule has 0 aliphatic rings. The van der Waals surface area contributed by atoms with Gasteiger partial charge in [0, 0.05) is 0 Å². The summed E-state index contributed by atoms with van der Waals surface area (Å²) in [5.41, 5.74) is 2.85. The third kappa shape index (κ3) is 9.02. The number of rotatable bonds is 10. The normalized spacial score (nSPS) is 12.9. The molecule has 0 radical (unpaired) electrons. The molecule has 0 aromatic carbocycles. The molecule has 0 aliphatic heterocycles. The maximum Gasteiger partial charge on any atom is 0.0893 e. The van der Waals surface area contributed by atoms with Crippen molar-refractivity contribution >= 4 is 0 Å². The van der Waals surface area contributed by atoms with Crippen LogP contribution in [-0.4, -0.2) is 0 Å². The van der Waals surface area contributed by atoms with E-state index in [9.17, 15) is 0 Å². The van der Waals surface area contributed by atoms with Gasteiger partial charge in [-0.05, 0) is 49.7 Å². The SMILES string of the molecule is CCCCC(=COC=C(CC)CCCC)CC. The largest absolute Gasteiger partial charge is 0.473 e. The van der Waals surface area contributed by atoms with Crippen molar-refractivity contribution in [1.29, 1.82) is 0 Å². The summed E-state index contributed by atoms with van der Waals surface area (Å²) in [5, 5.41) is 0. The lowest BCUT2D eigenvalue weighted by Crippen LogP contribution is -1.86. The van der Waals surface area contributed by atoms with E-state index < -0.39 is 0 Å². The summed E-state index contributed by atoms with van der Waals surface area (Å²) in [6, 6.07) is 0. The average Bonchev–Trinajstić information content (AvgIpc) is 2.37. The molecule has 0 unspecified atom stereocenters. The van der Waals surface area contributed by atoms with Crippen LogP contribution in [0.4, 0.5) is 0 Å². The first-order valence-corrected chi connectivity index (χ1v) is 7.29. The fraction of sp³-hybridized carbons (Fsp3) is 0.750. The van der Waals surface area contributed by atoms with Crippen LogP contribution in [0.1, 0.15) is 79.1 Å². The fourth-order valence-electron chi connectivity index (χ4n) is 1.67. The zero-order valence-corrected chi connectivity index (χ0v) is 12.2. The molecule has 1 heteroatoms. The fourth-order valence-corrected chi connectivity index (χ4v) is 1.67. The van der Waals surface area contributed by atoms with Gasteiger partial charge in [0.1, 0.15) is 0 Å². The minimum atomic E-state index is 1.10. The molecule has 0 saturated carbocycles. The minimum absolute atomic E-state index is 1.10. The molecule has 0 bridgehead atoms. The number of ether oxygens (including phenoxy) is 1. The van der Waals surface area contributed by atoms with Crippen molar-refractivity contribution in [3.8, 4) is 0 Å². The van der Waals surface area contributed by atoms with Crippen molar-refractivity contribution in [2.45, 2.75) is 79.1 Å². The first-order valence-electron chi connectivity index (χ1n) is 7.29. The van der Waals surface area contributed by atoms with E-state index in [0.717, 1.165) is 12.8 Å². The van der Waals surface area contributed by atoms with Gasteiger partial charge in [-0.2, -0.15) is 0 Å². The van der Waals surface area contributed by atoms with Crippen molar-refractivity contribution in [2.24, 2.45) is 0 Å². The van der Waals surface area contributed by atoms with E-state index in [4.69, 9.17) is 4.74 Å². The van der Waals surface area contributed by atoms with Gasteiger partial charge >= 0.3 is 0 Å². The van der Waals surface area contributed by atoms with Crippen LogP contribution in [0.3, 0.4) is 0 Å². The predicted octanol–water partition coefficient (Wildman–Crippen LogP) is 5.97. The summed E-state index contributed by atoms with van der Waals surface area (Å²) in [5.74, 6) is 0. The van der Waals surface area contributed by atoms with Crippen LogP contribution in [0.2, 0.25) is 0 Å². The quantitative estimate of drug-likeness (QED) is 0.426. The van der Waals surface area contributed by atoms with Crippen LogP contribution < -0.4 is 0 Å². The van der Waals surface area contributed by atoms with Gasteiger partial charge in [-0.1, -0.05) is 40.5 Å². The van der Waals surface area contributed by atoms with Gasteiger partial charge in [-0.15, -0.1) is 0 Å². The second kappa shape index (κ2) is 11.8. The summed E-state index contributed by atoms with van der Waals surface area (Å²) >= 11 is 0. The van der Waals surface area contributed by atoms with Gasteiger partial charge in [-0.3, -0.25) is 0 Å². The zero-order valence-electron chi connectivity index (χ0n) is 12.2. The van der Waals surface area contributed by atoms with E-state index in [0.29, 0.717) is 0 Å². The molecule has 0 aromatic rings. The molecule has 0 rings (SSSR count). The Morgan fingerprint density at radius 3 is 1.47 bits per heavy atom. The number of hydrogen-bond donors (Lipinski definition) is 0. The second-order valence-corrected chi connectivity index (χ2v) is 4.60. The van der Waals surface area contributed by atoms with E-state index in [1.54, 1.807) is 0 Å². The molecular weight excluding hydrogens is 208 g/mol. The third-order valence-electron chi connectivity index (χ3n) is 3.08. The molecule has 0 fully saturated rings. The van der Waals surface area contributed by atoms with Gasteiger partial charge in [0.15, 0.2) is 0 Å². The molecule has 0 N–H and O–H groups in total. The minimum Gasteiger partial charge on any atom is -0.473 e. The third-order valence-corrected chi connectivity index (χ3v) is 3.08. The van der Waals surface area contributed by atoms with Crippen molar-refractivity contribution in [3.05, 3.63) is 23.7 Å². The Kier molecular flexibility index (Phi) is 11.3. The highest BCUT2D eigenvalue weighted by atomic mass is 16.5. The zero-order chi connectivity index (χ0) is 12.9. The van der Waals surface area contributed by atoms with Gasteiger partial charge in [0.05, 0.1) is 12.5 Å². The highest BCUT2D eigenvalue weighted by Crippen LogP contribution is 2.14. The summed E-state index contributed by atoms with van der Waals surface area (Å²) in [6.45, 7) is 8.86. The molecule has 0 amide bonds. The molecule has 0 saturated heterocycles. The Hall–Kier alpha value is -0.720. The van der Waals surface area contributed by atoms with Crippen LogP contribution in [0.15, 0.2) is 23.7 Å². The highest BCUT2D eigenvalue weighted by molar-refractivity contribution is 5.01. The van der Waals surface area contributed by atoms with Crippen LogP contribution in [0, 0.1) is 0 Å². The van der Waals surface area contributed by atoms with E-state index >= 15 is 0 Å². The van der Waals surface area contributed by atoms with Gasteiger partial charge in [-0.25, -0.2) is 0 Å². The second-order valence-electron chi connectivity index (χ2n) is 4.60. The maximum atomic E-state index is 5.61. The Labute approximate surface area is 108 Å². The maximum absolute atomic E-state index is 5.61. The number of allylic oxidation sites excluding steroid dienone is 2. The topological polar surface area (TPSA) is 9.23 Å². The van der Waals surface area contributed by atoms with Crippen molar-refractivity contribution in [1.82, 2.24) is 0 Å². The molecular formula is C16H30O. The Balaban J connectivity index is 4.10. The number of unbranched alkanes of at least 4 members (excludes halogenated alkanes) is 2. The smallest absolute Gasteiger partial charge is 0.0893 e. The molecule has 0 spiro atoms. The molecule has 0 aliphatic carbocycles. The predicted molar refractivity (Wildman–Crippen MR) is 76.9 cm³/mol. The average molecular weight is 238 g/mol. The van der Waals surface area contributed by atoms with Crippen LogP contribution >= 0.6 is 0 Å². The van der Waals surface area contributed by atoms with Crippen molar-refractivity contribution < 1.29 is 4.74 Å². The van der Waals surface area contributed by atoms with Gasteiger partial charge < -0.3 is 4.74 Å². The summed E-state index contributed by atoms with van der Waals surface area (Å²) in [6.07, 6.45) is 13.5. The van der Waals surface area contributed by atoms with E-state index in [1.807, 2.05) is 12.5 Å². The molecule has 1 nitrogen and oxygen atoms in total. The number of hydrogen-bond acceptors (Lipinski definition) is 1. The standard InChI is InChI=1S/C16H30O/c1-5-9-11-15(7-3)13-17-14-16(8-4)12-10-6-2/h13-14H,5-12H2,1-4H3. The van der Waals surface area contributed by atoms with E-state index in [1.165, 1.54) is 49.7 Å². The Morgan fingerprint density at radius 2 is 1.18 bits per heavy atom. The van der Waals surface area contributed by atoms with Crippen molar-refractivity contribution in [2.75, 3.05) is 0 Å². The summed E-state index contributed by atoms with van der Waals surface area (Å²) < 4.78 is 5.61. The highest BCUT2D eigenvalue weighted by Gasteiger charge is 1.96. The monoisotopic (exact) mass is 238 g/mol. The lowest BCUT2D eigenvalue weighted by atomic mass is 10.1. The first-order chi connectivity index (χ1) is 8.28. The molecule has 0 aromatic heterocycles. The van der Waals surface area contributed by atoms with Crippen LogP contribution in [-0.2, 0) is 4.74 Å². The van der Waals surface area contributed by atoms with Crippen molar-refractivity contribution in [3.63, 3.8) is 0 Å². The van der Waals surface area contributed by atoms with E-state index in [-0.39, 0.29) is 0 Å². The van der Waals surface area contributed by atoms with Gasteiger partial charge in [0.2, 0.25) is 0 Å². The summed E-state index contributed by atoms with van der Waals surface area (Å²) in [4.78, 5) is 0. The summed E-state index contributed by atoms with van der Waals surface area (Å²) in [7, 11) is 0. The molecule has 0 atom stereocenters. The Morgan fingerprint density at radius 1 is 0.765 bits per heavy atom. The Bertz CT molecular complexity index is 202. The first kappa shape index (κ1) is 16.3. The van der Waals surface area contributed by atoms with Gasteiger partial charge in [0.25, 0.3) is 0 Å². The molecule has 100 valence electrons. The van der Waals surface area contributed by atoms with Crippen LogP contribution in [0.25, 0.3) is 0 Å². The lowest BCUT2D eigenvalue weighted by molar-refractivity contribution is 0.385.